The smallest absolute Gasteiger partial charge is 0.127 e. The summed E-state index contributed by atoms with van der Waals surface area (Å²) in [6.45, 7) is 13.4. The Hall–Kier alpha value is -2.15. The van der Waals surface area contributed by atoms with Crippen molar-refractivity contribution in [3.8, 4) is 0 Å². The quantitative estimate of drug-likeness (QED) is 0.133. The van der Waals surface area contributed by atoms with E-state index in [1.807, 2.05) is 0 Å². The maximum absolute atomic E-state index is 8.42. The minimum absolute atomic E-state index is 0. The van der Waals surface area contributed by atoms with Crippen molar-refractivity contribution < 1.29 is 19.5 Å². The summed E-state index contributed by atoms with van der Waals surface area (Å²) in [6.07, 6.45) is 22.7. The molecule has 0 saturated heterocycles. The number of halogens is 2. The van der Waals surface area contributed by atoms with Crippen LogP contribution in [0.3, 0.4) is 0 Å². The minimum Gasteiger partial charge on any atom is -0.301 e. The molecule has 6 heteroatoms. The Bertz CT molecular complexity index is 1740. The Morgan fingerprint density at radius 2 is 1.16 bits per heavy atom. The Morgan fingerprint density at radius 3 is 1.61 bits per heavy atom. The molecular weight excluding hydrogens is 771 g/mol. The second kappa shape index (κ2) is 16.1. The Kier molecular flexibility index (Phi) is 12.2. The summed E-state index contributed by atoms with van der Waals surface area (Å²) in [6, 6.07) is 19.9. The van der Waals surface area contributed by atoms with Gasteiger partial charge in [-0.1, -0.05) is 118 Å². The van der Waals surface area contributed by atoms with Crippen molar-refractivity contribution in [2.45, 2.75) is 121 Å². The van der Waals surface area contributed by atoms with Crippen LogP contribution in [0.15, 0.2) is 96.1 Å². The SMILES string of the molecule is Cc1cc(C)c(N2C=CN(c3c(C)cc(C)cc3C)C2=C2C(=CC=Cc3ccccc3)C(Cl)(P(C3CCCC3)C3CCCC3)CC2Cl)c(C)c1.[Ru]. The summed E-state index contributed by atoms with van der Waals surface area (Å²) >= 11 is 16.2. The van der Waals surface area contributed by atoms with E-state index in [0.717, 1.165) is 12.2 Å². The van der Waals surface area contributed by atoms with Crippen LogP contribution in [0.25, 0.3) is 6.08 Å². The van der Waals surface area contributed by atoms with Gasteiger partial charge in [-0.25, -0.2) is 0 Å². The average molecular weight is 825 g/mol. The molecule has 0 aromatic heterocycles. The van der Waals surface area contributed by atoms with E-state index in [1.165, 1.54) is 113 Å². The van der Waals surface area contributed by atoms with E-state index < -0.39 is 12.5 Å². The number of aryl methyl sites for hydroxylation is 6. The predicted molar refractivity (Wildman–Crippen MR) is 220 cm³/mol. The van der Waals surface area contributed by atoms with Crippen molar-refractivity contribution in [1.29, 1.82) is 0 Å². The van der Waals surface area contributed by atoms with Crippen molar-refractivity contribution in [2.75, 3.05) is 9.80 Å². The number of rotatable bonds is 7. The predicted octanol–water partition coefficient (Wildman–Crippen LogP) is 13.5. The molecule has 1 heterocycles. The van der Waals surface area contributed by atoms with Gasteiger partial charge in [-0.3, -0.25) is 0 Å². The van der Waals surface area contributed by atoms with Crippen molar-refractivity contribution in [3.05, 3.63) is 135 Å². The summed E-state index contributed by atoms with van der Waals surface area (Å²) in [4.78, 5) is 4.86. The molecule has 2 atom stereocenters. The van der Waals surface area contributed by atoms with E-state index in [-0.39, 0.29) is 24.9 Å². The zero-order chi connectivity index (χ0) is 35.2. The van der Waals surface area contributed by atoms with Gasteiger partial charge in [-0.05, 0) is 118 Å². The molecular formula is C45H53Cl2N2PRu. The molecule has 0 bridgehead atoms. The number of hydrogen-bond donors (Lipinski definition) is 0. The van der Waals surface area contributed by atoms with Crippen molar-refractivity contribution >= 4 is 48.6 Å². The molecule has 0 spiro atoms. The summed E-state index contributed by atoms with van der Waals surface area (Å²) in [7, 11) is -0.507. The number of allylic oxidation sites excluding steroid dienone is 4. The van der Waals surface area contributed by atoms with E-state index in [9.17, 15) is 0 Å². The number of hydrogen-bond acceptors (Lipinski definition) is 2. The van der Waals surface area contributed by atoms with E-state index in [0.29, 0.717) is 11.3 Å². The first-order chi connectivity index (χ1) is 24.1. The molecule has 270 valence electrons. The van der Waals surface area contributed by atoms with Gasteiger partial charge in [0.1, 0.15) is 5.82 Å². The zero-order valence-corrected chi connectivity index (χ0v) is 35.3. The fourth-order valence-corrected chi connectivity index (χ4v) is 16.0. The van der Waals surface area contributed by atoms with Gasteiger partial charge in [-0.2, -0.15) is 0 Å². The van der Waals surface area contributed by atoms with Crippen LogP contribution in [0.1, 0.15) is 96.7 Å². The zero-order valence-electron chi connectivity index (χ0n) is 31.1. The second-order valence-electron chi connectivity index (χ2n) is 15.3. The normalized spacial score (nSPS) is 23.6. The van der Waals surface area contributed by atoms with Crippen LogP contribution in [0.2, 0.25) is 0 Å². The van der Waals surface area contributed by atoms with Gasteiger partial charge in [0, 0.05) is 37.5 Å². The third-order valence-corrected chi connectivity index (χ3v) is 16.6. The van der Waals surface area contributed by atoms with Gasteiger partial charge in [0.05, 0.1) is 21.4 Å². The van der Waals surface area contributed by atoms with Crippen molar-refractivity contribution in [3.63, 3.8) is 0 Å². The van der Waals surface area contributed by atoms with Crippen LogP contribution >= 0.6 is 31.1 Å². The Morgan fingerprint density at radius 1 is 0.706 bits per heavy atom. The molecule has 2 nitrogen and oxygen atoms in total. The van der Waals surface area contributed by atoms with Gasteiger partial charge >= 0.3 is 0 Å². The number of anilines is 2. The number of alkyl halides is 2. The maximum Gasteiger partial charge on any atom is 0.127 e. The molecule has 3 aliphatic carbocycles. The third-order valence-electron chi connectivity index (χ3n) is 11.5. The Labute approximate surface area is 331 Å². The van der Waals surface area contributed by atoms with E-state index in [1.54, 1.807) is 0 Å². The van der Waals surface area contributed by atoms with Crippen LogP contribution in [-0.2, 0) is 19.5 Å². The topological polar surface area (TPSA) is 6.48 Å². The molecule has 0 amide bonds. The molecule has 2 unspecified atom stereocenters. The van der Waals surface area contributed by atoms with Crippen LogP contribution in [0.5, 0.6) is 0 Å². The number of benzene rings is 3. The molecule has 0 N–H and O–H groups in total. The van der Waals surface area contributed by atoms with Crippen molar-refractivity contribution in [1.82, 2.24) is 0 Å². The van der Waals surface area contributed by atoms with Crippen LogP contribution < -0.4 is 9.80 Å². The van der Waals surface area contributed by atoms with Crippen LogP contribution in [-0.4, -0.2) is 21.3 Å². The van der Waals surface area contributed by atoms with Gasteiger partial charge in [0.15, 0.2) is 0 Å². The maximum atomic E-state index is 8.42. The molecule has 4 aliphatic rings. The summed E-state index contributed by atoms with van der Waals surface area (Å²) in [5.41, 5.74) is 15.1. The number of nitrogens with zero attached hydrogens (tertiary/aromatic N) is 2. The van der Waals surface area contributed by atoms with E-state index in [4.69, 9.17) is 23.2 Å². The first-order valence-electron chi connectivity index (χ1n) is 18.8. The fourth-order valence-electron chi connectivity index (χ4n) is 9.72. The van der Waals surface area contributed by atoms with Gasteiger partial charge in [-0.15, -0.1) is 23.2 Å². The van der Waals surface area contributed by atoms with Gasteiger partial charge < -0.3 is 9.80 Å². The first-order valence-corrected chi connectivity index (χ1v) is 21.1. The van der Waals surface area contributed by atoms with Crippen molar-refractivity contribution in [2.24, 2.45) is 0 Å². The van der Waals surface area contributed by atoms with Gasteiger partial charge in [0.2, 0.25) is 0 Å². The molecule has 1 aliphatic heterocycles. The summed E-state index contributed by atoms with van der Waals surface area (Å²) < 4.78 is -0.482. The third kappa shape index (κ3) is 7.50. The largest absolute Gasteiger partial charge is 0.301 e. The summed E-state index contributed by atoms with van der Waals surface area (Å²) in [5.74, 6) is 1.13. The van der Waals surface area contributed by atoms with Crippen LogP contribution in [0.4, 0.5) is 11.4 Å². The molecule has 3 aromatic rings. The minimum atomic E-state index is -0.507. The monoisotopic (exact) mass is 824 g/mol. The molecule has 7 rings (SSSR count). The Balaban J connectivity index is 0.00000448. The summed E-state index contributed by atoms with van der Waals surface area (Å²) in [5, 5.41) is -0.214. The molecule has 3 fully saturated rings. The molecule has 0 radical (unpaired) electrons. The molecule has 3 aromatic carbocycles. The molecule has 3 saturated carbocycles. The second-order valence-corrected chi connectivity index (χ2v) is 19.8. The van der Waals surface area contributed by atoms with Crippen LogP contribution in [0, 0.1) is 41.5 Å². The first kappa shape index (κ1) is 38.6. The van der Waals surface area contributed by atoms with E-state index in [2.05, 4.69) is 137 Å². The van der Waals surface area contributed by atoms with Gasteiger partial charge in [0.25, 0.3) is 0 Å². The fraction of sp³-hybridized carbons (Fsp3) is 0.422. The van der Waals surface area contributed by atoms with E-state index >= 15 is 0 Å². The average Bonchev–Trinajstić information content (AvgIpc) is 3.87. The molecule has 51 heavy (non-hydrogen) atoms. The standard InChI is InChI=1S/C45H53Cl2N2P.Ru/c1-30-25-32(3)42(33(4)26-30)48-23-24-49(43-34(5)27-31(2)28-35(43)6)44(48)41-39(22-14-17-36-15-8-7-9-16-36)45(47,29-40(41)46)50(37-18-10-11-19-37)38-20-12-13-21-38;/h7-9,14-17,22-28,37-38,40H,10-13,18-21,29H2,1-6H3;.